The van der Waals surface area contributed by atoms with E-state index in [1.807, 2.05) is 37.3 Å². The van der Waals surface area contributed by atoms with Crippen LogP contribution in [0, 0.1) is 11.8 Å². The number of carbonyl (C=O) groups is 4. The maximum Gasteiger partial charge on any atom is 0.308 e. The molecular weight excluding hydrogens is 372 g/mol. The van der Waals surface area contributed by atoms with Gasteiger partial charge in [-0.25, -0.2) is 0 Å². The number of fused-ring (bicyclic) bond motifs is 1. The topological polar surface area (TPSA) is 92.8 Å². The molecular formula is C22H28N2O5. The quantitative estimate of drug-likeness (QED) is 0.560. The molecule has 7 heteroatoms. The van der Waals surface area contributed by atoms with Gasteiger partial charge in [-0.05, 0) is 32.3 Å². The largest absolute Gasteiger partial charge is 0.452 e. The second-order valence-corrected chi connectivity index (χ2v) is 7.85. The van der Waals surface area contributed by atoms with Crippen molar-refractivity contribution in [3.63, 3.8) is 0 Å². The molecule has 1 aromatic rings. The Morgan fingerprint density at radius 3 is 2.24 bits per heavy atom. The van der Waals surface area contributed by atoms with Crippen LogP contribution in [0.2, 0.25) is 0 Å². The summed E-state index contributed by atoms with van der Waals surface area (Å²) in [7, 11) is 0. The van der Waals surface area contributed by atoms with Crippen molar-refractivity contribution in [1.29, 1.82) is 0 Å². The van der Waals surface area contributed by atoms with E-state index < -0.39 is 18.0 Å². The van der Waals surface area contributed by atoms with E-state index in [4.69, 9.17) is 4.74 Å². The van der Waals surface area contributed by atoms with Gasteiger partial charge in [0, 0.05) is 6.54 Å². The molecule has 156 valence electrons. The molecule has 2 fully saturated rings. The molecule has 29 heavy (non-hydrogen) atoms. The van der Waals surface area contributed by atoms with Crippen LogP contribution in [-0.4, -0.2) is 41.2 Å². The molecule has 7 nitrogen and oxygen atoms in total. The number of nitrogens with one attached hydrogen (secondary N) is 1. The van der Waals surface area contributed by atoms with Crippen molar-refractivity contribution >= 4 is 23.7 Å². The molecule has 1 heterocycles. The number of benzene rings is 1. The fraction of sp³-hybridized carbons (Fsp3) is 0.545. The van der Waals surface area contributed by atoms with Gasteiger partial charge in [0.2, 0.25) is 11.8 Å². The summed E-state index contributed by atoms with van der Waals surface area (Å²) in [4.78, 5) is 50.5. The van der Waals surface area contributed by atoms with E-state index >= 15 is 0 Å². The highest BCUT2D eigenvalue weighted by Crippen LogP contribution is 2.37. The van der Waals surface area contributed by atoms with Gasteiger partial charge in [-0.3, -0.25) is 24.1 Å². The number of nitrogens with zero attached hydrogens (tertiary/aromatic N) is 1. The van der Waals surface area contributed by atoms with Crippen molar-refractivity contribution in [2.45, 2.75) is 58.1 Å². The Morgan fingerprint density at radius 2 is 1.66 bits per heavy atom. The number of esters is 1. The highest BCUT2D eigenvalue weighted by Gasteiger charge is 2.47. The molecule has 3 rings (SSSR count). The van der Waals surface area contributed by atoms with Crippen molar-refractivity contribution in [3.05, 3.63) is 35.9 Å². The first kappa shape index (κ1) is 21.0. The van der Waals surface area contributed by atoms with Gasteiger partial charge in [-0.2, -0.15) is 0 Å². The first-order valence-corrected chi connectivity index (χ1v) is 10.3. The van der Waals surface area contributed by atoms with Gasteiger partial charge in [-0.15, -0.1) is 0 Å². The fourth-order valence-corrected chi connectivity index (χ4v) is 4.12. The molecule has 1 aromatic carbocycles. The molecule has 0 spiro atoms. The average molecular weight is 400 g/mol. The lowest BCUT2D eigenvalue weighted by molar-refractivity contribution is -0.155. The summed E-state index contributed by atoms with van der Waals surface area (Å²) >= 11 is 0. The van der Waals surface area contributed by atoms with Crippen molar-refractivity contribution in [2.24, 2.45) is 11.8 Å². The molecule has 1 saturated heterocycles. The zero-order valence-electron chi connectivity index (χ0n) is 16.9. The molecule has 0 aromatic heterocycles. The lowest BCUT2D eigenvalue weighted by Gasteiger charge is -2.19. The standard InChI is InChI=1S/C22H28N2O5/c1-14(16-8-4-3-5-9-16)23-20(26)15(2)29-19(25)12-13-24-21(27)17-10-6-7-11-18(17)22(24)28/h3-5,8-9,14-15,17-18H,6-7,10-13H2,1-2H3,(H,23,26)/t14-,15-,17-,18-/m0/s1. The second kappa shape index (κ2) is 9.20. The lowest BCUT2D eigenvalue weighted by atomic mass is 9.81. The Morgan fingerprint density at radius 1 is 1.07 bits per heavy atom. The van der Waals surface area contributed by atoms with Crippen molar-refractivity contribution in [1.82, 2.24) is 10.2 Å². The lowest BCUT2D eigenvalue weighted by Crippen LogP contribution is -2.38. The van der Waals surface area contributed by atoms with Crippen molar-refractivity contribution in [3.8, 4) is 0 Å². The highest BCUT2D eigenvalue weighted by molar-refractivity contribution is 6.05. The van der Waals surface area contributed by atoms with Crippen LogP contribution in [0.5, 0.6) is 0 Å². The Hall–Kier alpha value is -2.70. The van der Waals surface area contributed by atoms with Gasteiger partial charge in [0.15, 0.2) is 6.10 Å². The van der Waals surface area contributed by atoms with Gasteiger partial charge in [0.1, 0.15) is 0 Å². The van der Waals surface area contributed by atoms with Crippen LogP contribution in [0.1, 0.15) is 57.6 Å². The Labute approximate surface area is 170 Å². The van der Waals surface area contributed by atoms with Crippen LogP contribution in [0.4, 0.5) is 0 Å². The monoisotopic (exact) mass is 400 g/mol. The van der Waals surface area contributed by atoms with Gasteiger partial charge in [-0.1, -0.05) is 43.2 Å². The molecule has 1 saturated carbocycles. The van der Waals surface area contributed by atoms with Gasteiger partial charge in [0.25, 0.3) is 5.91 Å². The Bertz CT molecular complexity index is 755. The molecule has 2 aliphatic rings. The maximum atomic E-state index is 12.4. The first-order valence-electron chi connectivity index (χ1n) is 10.3. The van der Waals surface area contributed by atoms with Crippen LogP contribution in [0.15, 0.2) is 30.3 Å². The van der Waals surface area contributed by atoms with E-state index in [1.165, 1.54) is 11.8 Å². The van der Waals surface area contributed by atoms with Gasteiger partial charge >= 0.3 is 5.97 Å². The van der Waals surface area contributed by atoms with Crippen molar-refractivity contribution < 1.29 is 23.9 Å². The minimum absolute atomic E-state index is 0.0122. The number of amides is 3. The predicted octanol–water partition coefficient (Wildman–Crippen LogP) is 2.36. The first-order chi connectivity index (χ1) is 13.9. The molecule has 3 amide bonds. The van der Waals surface area contributed by atoms with Crippen LogP contribution in [0.25, 0.3) is 0 Å². The van der Waals surface area contributed by atoms with Crippen LogP contribution >= 0.6 is 0 Å². The van der Waals surface area contributed by atoms with Crippen LogP contribution in [0.3, 0.4) is 0 Å². The summed E-state index contributed by atoms with van der Waals surface area (Å²) in [5.41, 5.74) is 0.951. The molecule has 4 atom stereocenters. The van der Waals surface area contributed by atoms with E-state index in [2.05, 4.69) is 5.32 Å². The minimum Gasteiger partial charge on any atom is -0.452 e. The summed E-state index contributed by atoms with van der Waals surface area (Å²) in [6.07, 6.45) is 2.35. The number of ether oxygens (including phenoxy) is 1. The predicted molar refractivity (Wildman–Crippen MR) is 105 cm³/mol. The number of rotatable bonds is 7. The third-order valence-electron chi connectivity index (χ3n) is 5.81. The van der Waals surface area contributed by atoms with Crippen LogP contribution in [-0.2, 0) is 23.9 Å². The number of imide groups is 1. The molecule has 1 aliphatic carbocycles. The van der Waals surface area contributed by atoms with E-state index in [-0.39, 0.29) is 42.7 Å². The average Bonchev–Trinajstić information content (AvgIpc) is 2.97. The SMILES string of the molecule is C[C@H](OC(=O)CCN1C(=O)[C@H]2CCCC[C@@H]2C1=O)C(=O)N[C@@H](C)c1ccccc1. The maximum absolute atomic E-state index is 12.4. The summed E-state index contributed by atoms with van der Waals surface area (Å²) < 4.78 is 5.20. The number of carbonyl (C=O) groups excluding carboxylic acids is 4. The molecule has 0 unspecified atom stereocenters. The summed E-state index contributed by atoms with van der Waals surface area (Å²) in [5, 5.41) is 2.81. The minimum atomic E-state index is -0.957. The smallest absolute Gasteiger partial charge is 0.308 e. The molecule has 0 bridgehead atoms. The van der Waals surface area contributed by atoms with E-state index in [0.717, 1.165) is 31.2 Å². The van der Waals surface area contributed by atoms with Crippen molar-refractivity contribution in [2.75, 3.05) is 6.54 Å². The third-order valence-corrected chi connectivity index (χ3v) is 5.81. The zero-order chi connectivity index (χ0) is 21.0. The summed E-state index contributed by atoms with van der Waals surface area (Å²) in [5.74, 6) is -1.79. The third kappa shape index (κ3) is 4.83. The van der Waals surface area contributed by atoms with E-state index in [0.29, 0.717) is 0 Å². The summed E-state index contributed by atoms with van der Waals surface area (Å²) in [6, 6.07) is 9.27. The molecule has 1 aliphatic heterocycles. The van der Waals surface area contributed by atoms with Crippen LogP contribution < -0.4 is 5.32 Å². The Kier molecular flexibility index (Phi) is 6.67. The van der Waals surface area contributed by atoms with E-state index in [1.54, 1.807) is 0 Å². The van der Waals surface area contributed by atoms with Gasteiger partial charge < -0.3 is 10.1 Å². The normalized spacial score (nSPS) is 23.3. The second-order valence-electron chi connectivity index (χ2n) is 7.85. The summed E-state index contributed by atoms with van der Waals surface area (Å²) in [6.45, 7) is 3.37. The molecule has 1 N–H and O–H groups in total. The highest BCUT2D eigenvalue weighted by atomic mass is 16.5. The number of likely N-dealkylation sites (tertiary alicyclic amines) is 1. The number of hydrogen-bond donors (Lipinski definition) is 1. The fourth-order valence-electron chi connectivity index (χ4n) is 4.12. The number of hydrogen-bond acceptors (Lipinski definition) is 5. The van der Waals surface area contributed by atoms with E-state index in [9.17, 15) is 19.2 Å². The van der Waals surface area contributed by atoms with Gasteiger partial charge in [0.05, 0.1) is 24.3 Å². The zero-order valence-corrected chi connectivity index (χ0v) is 16.9. The Balaban J connectivity index is 1.46. The molecule has 0 radical (unpaired) electrons.